The first-order valence-electron chi connectivity index (χ1n) is 6.03. The number of β-amino-alcohol motifs (C(OH)–C–C–N with tert-alkyl or cyclic N) is 1. The van der Waals surface area contributed by atoms with Gasteiger partial charge >= 0.3 is 6.09 Å². The lowest BCUT2D eigenvalue weighted by Gasteiger charge is -2.46. The van der Waals surface area contributed by atoms with Crippen molar-refractivity contribution < 1.29 is 14.6 Å². The van der Waals surface area contributed by atoms with Gasteiger partial charge in [0.1, 0.15) is 15.8 Å². The quantitative estimate of drug-likeness (QED) is 0.803. The Morgan fingerprint density at radius 1 is 1.53 bits per heavy atom. The van der Waals surface area contributed by atoms with Crippen LogP contribution in [0.1, 0.15) is 26.3 Å². The van der Waals surface area contributed by atoms with E-state index in [-0.39, 0.29) is 13.1 Å². The van der Waals surface area contributed by atoms with Crippen LogP contribution in [0.3, 0.4) is 0 Å². The van der Waals surface area contributed by atoms with Gasteiger partial charge in [0, 0.05) is 11.8 Å². The minimum Gasteiger partial charge on any atom is -0.444 e. The lowest BCUT2D eigenvalue weighted by Crippen LogP contribution is -2.62. The van der Waals surface area contributed by atoms with Crippen LogP contribution in [0.4, 0.5) is 4.79 Å². The minimum atomic E-state index is -1.05. The Labute approximate surface area is 120 Å². The van der Waals surface area contributed by atoms with Gasteiger partial charge < -0.3 is 14.7 Å². The van der Waals surface area contributed by atoms with Crippen LogP contribution < -0.4 is 0 Å². The number of carbonyl (C=O) groups is 1. The summed E-state index contributed by atoms with van der Waals surface area (Å²) in [5, 5.41) is 10.5. The third-order valence-corrected chi connectivity index (χ3v) is 3.45. The topological polar surface area (TPSA) is 62.7 Å². The zero-order valence-electron chi connectivity index (χ0n) is 11.2. The number of pyridine rings is 1. The fourth-order valence-electron chi connectivity index (χ4n) is 1.94. The first-order chi connectivity index (χ1) is 8.71. The van der Waals surface area contributed by atoms with Crippen molar-refractivity contribution in [3.8, 4) is 0 Å². The summed E-state index contributed by atoms with van der Waals surface area (Å²) in [5.74, 6) is 0. The van der Waals surface area contributed by atoms with E-state index in [2.05, 4.69) is 20.9 Å². The third kappa shape index (κ3) is 3.06. The number of carbonyl (C=O) groups excluding carboxylic acids is 1. The average molecular weight is 329 g/mol. The highest BCUT2D eigenvalue weighted by molar-refractivity contribution is 9.10. The Kier molecular flexibility index (Phi) is 3.57. The summed E-state index contributed by atoms with van der Waals surface area (Å²) in [6.07, 6.45) is 1.23. The molecule has 0 saturated carbocycles. The number of ether oxygens (including phenoxy) is 1. The molecular weight excluding hydrogens is 312 g/mol. The number of hydrogen-bond donors (Lipinski definition) is 1. The summed E-state index contributed by atoms with van der Waals surface area (Å²) < 4.78 is 5.85. The fraction of sp³-hybridized carbons (Fsp3) is 0.538. The molecule has 1 aliphatic rings. The highest BCUT2D eigenvalue weighted by Gasteiger charge is 2.47. The average Bonchev–Trinajstić information content (AvgIpc) is 2.23. The van der Waals surface area contributed by atoms with Crippen molar-refractivity contribution in [2.45, 2.75) is 32.0 Å². The molecule has 0 unspecified atom stereocenters. The van der Waals surface area contributed by atoms with E-state index in [0.717, 1.165) is 0 Å². The van der Waals surface area contributed by atoms with Gasteiger partial charge in [-0.2, -0.15) is 0 Å². The molecule has 1 aliphatic heterocycles. The first-order valence-corrected chi connectivity index (χ1v) is 6.82. The minimum absolute atomic E-state index is 0.214. The molecule has 1 saturated heterocycles. The lowest BCUT2D eigenvalue weighted by molar-refractivity contribution is -0.104. The molecule has 1 amide bonds. The summed E-state index contributed by atoms with van der Waals surface area (Å²) in [5.41, 5.74) is -0.890. The Balaban J connectivity index is 2.02. The first kappa shape index (κ1) is 14.3. The number of hydrogen-bond acceptors (Lipinski definition) is 4. The van der Waals surface area contributed by atoms with Crippen LogP contribution in [-0.4, -0.2) is 39.8 Å². The molecular formula is C13H17BrN2O3. The van der Waals surface area contributed by atoms with Crippen molar-refractivity contribution in [1.29, 1.82) is 0 Å². The van der Waals surface area contributed by atoms with Gasteiger partial charge in [-0.15, -0.1) is 0 Å². The number of amides is 1. The van der Waals surface area contributed by atoms with Crippen molar-refractivity contribution in [2.75, 3.05) is 13.1 Å². The summed E-state index contributed by atoms with van der Waals surface area (Å²) in [6, 6.07) is 3.55. The molecule has 0 aliphatic carbocycles. The molecule has 1 N–H and O–H groups in total. The van der Waals surface area contributed by atoms with Gasteiger partial charge in [-0.3, -0.25) is 0 Å². The molecule has 0 atom stereocenters. The van der Waals surface area contributed by atoms with Crippen molar-refractivity contribution in [3.05, 3.63) is 28.5 Å². The summed E-state index contributed by atoms with van der Waals surface area (Å²) in [4.78, 5) is 17.4. The predicted octanol–water partition coefficient (Wildman–Crippen LogP) is 2.28. The van der Waals surface area contributed by atoms with Gasteiger partial charge in [-0.25, -0.2) is 9.78 Å². The zero-order chi connectivity index (χ0) is 14.3. The predicted molar refractivity (Wildman–Crippen MR) is 73.6 cm³/mol. The van der Waals surface area contributed by atoms with Gasteiger partial charge in [0.05, 0.1) is 13.1 Å². The maximum atomic E-state index is 11.8. The maximum absolute atomic E-state index is 11.8. The molecule has 6 heteroatoms. The summed E-state index contributed by atoms with van der Waals surface area (Å²) >= 11 is 3.31. The van der Waals surface area contributed by atoms with E-state index in [1.807, 2.05) is 20.8 Å². The van der Waals surface area contributed by atoms with Gasteiger partial charge in [0.2, 0.25) is 0 Å². The third-order valence-electron chi connectivity index (χ3n) is 2.82. The zero-order valence-corrected chi connectivity index (χ0v) is 12.8. The summed E-state index contributed by atoms with van der Waals surface area (Å²) in [6.45, 7) is 5.87. The van der Waals surface area contributed by atoms with E-state index >= 15 is 0 Å². The van der Waals surface area contributed by atoms with Crippen LogP contribution in [-0.2, 0) is 10.3 Å². The number of aliphatic hydroxyl groups is 1. The Hall–Kier alpha value is -1.14. The van der Waals surface area contributed by atoms with E-state index in [1.54, 1.807) is 18.3 Å². The SMILES string of the molecule is CC(C)(C)OC(=O)N1CC(O)(c2cccnc2Br)C1. The second-order valence-corrected chi connectivity index (χ2v) is 6.46. The van der Waals surface area contributed by atoms with E-state index in [9.17, 15) is 9.90 Å². The molecule has 0 spiro atoms. The van der Waals surface area contributed by atoms with E-state index in [1.165, 1.54) is 4.90 Å². The van der Waals surface area contributed by atoms with Crippen molar-refractivity contribution in [3.63, 3.8) is 0 Å². The standard InChI is InChI=1S/C13H17BrN2O3/c1-12(2,3)19-11(17)16-7-13(18,8-16)9-5-4-6-15-10(9)14/h4-6,18H,7-8H2,1-3H3. The van der Waals surface area contributed by atoms with Crippen LogP contribution in [0.5, 0.6) is 0 Å². The van der Waals surface area contributed by atoms with Gasteiger partial charge in [-0.05, 0) is 42.8 Å². The van der Waals surface area contributed by atoms with Crippen molar-refractivity contribution in [1.82, 2.24) is 9.88 Å². The van der Waals surface area contributed by atoms with E-state index in [4.69, 9.17) is 4.74 Å². The lowest BCUT2D eigenvalue weighted by atomic mass is 9.87. The molecule has 5 nitrogen and oxygen atoms in total. The number of likely N-dealkylation sites (tertiary alicyclic amines) is 1. The van der Waals surface area contributed by atoms with Crippen LogP contribution in [0.15, 0.2) is 22.9 Å². The largest absolute Gasteiger partial charge is 0.444 e. The number of rotatable bonds is 1. The Morgan fingerprint density at radius 3 is 2.68 bits per heavy atom. The molecule has 0 aromatic carbocycles. The highest BCUT2D eigenvalue weighted by atomic mass is 79.9. The van der Waals surface area contributed by atoms with Crippen molar-refractivity contribution >= 4 is 22.0 Å². The van der Waals surface area contributed by atoms with Gasteiger partial charge in [0.25, 0.3) is 0 Å². The Morgan fingerprint density at radius 2 is 2.16 bits per heavy atom. The van der Waals surface area contributed by atoms with Gasteiger partial charge in [-0.1, -0.05) is 6.07 Å². The molecule has 19 heavy (non-hydrogen) atoms. The molecule has 104 valence electrons. The van der Waals surface area contributed by atoms with Crippen LogP contribution >= 0.6 is 15.9 Å². The van der Waals surface area contributed by atoms with E-state index in [0.29, 0.717) is 10.2 Å². The smallest absolute Gasteiger partial charge is 0.410 e. The second kappa shape index (κ2) is 4.76. The number of halogens is 1. The maximum Gasteiger partial charge on any atom is 0.410 e. The molecule has 1 fully saturated rings. The number of aromatic nitrogens is 1. The molecule has 2 heterocycles. The summed E-state index contributed by atoms with van der Waals surface area (Å²) in [7, 11) is 0. The van der Waals surface area contributed by atoms with Crippen LogP contribution in [0.2, 0.25) is 0 Å². The number of nitrogens with zero attached hydrogens (tertiary/aromatic N) is 2. The van der Waals surface area contributed by atoms with Gasteiger partial charge in [0.15, 0.2) is 0 Å². The molecule has 2 rings (SSSR count). The van der Waals surface area contributed by atoms with Crippen LogP contribution in [0.25, 0.3) is 0 Å². The molecule has 1 aromatic rings. The monoisotopic (exact) mass is 328 g/mol. The highest BCUT2D eigenvalue weighted by Crippen LogP contribution is 2.35. The Bertz CT molecular complexity index is 493. The molecule has 0 bridgehead atoms. The fourth-order valence-corrected chi connectivity index (χ4v) is 2.56. The second-order valence-electron chi connectivity index (χ2n) is 5.71. The van der Waals surface area contributed by atoms with Crippen molar-refractivity contribution in [2.24, 2.45) is 0 Å². The van der Waals surface area contributed by atoms with E-state index < -0.39 is 17.3 Å². The molecule has 1 aromatic heterocycles. The normalized spacial score (nSPS) is 17.8. The molecule has 0 radical (unpaired) electrons. The van der Waals surface area contributed by atoms with Crippen LogP contribution in [0, 0.1) is 0 Å².